The Morgan fingerprint density at radius 1 is 0.556 bits per heavy atom. The summed E-state index contributed by atoms with van der Waals surface area (Å²) in [5.74, 6) is 0. The van der Waals surface area contributed by atoms with Crippen LogP contribution >= 0.6 is 0 Å². The highest BCUT2D eigenvalue weighted by Gasteiger charge is 2.11. The van der Waals surface area contributed by atoms with Crippen molar-refractivity contribution in [2.45, 2.75) is 25.7 Å². The summed E-state index contributed by atoms with van der Waals surface area (Å²) in [4.78, 5) is 0. The quantitative estimate of drug-likeness (QED) is 0.642. The van der Waals surface area contributed by atoms with E-state index in [0.717, 1.165) is 25.7 Å². The molecule has 0 aliphatic heterocycles. The Labute approximate surface area is 108 Å². The fourth-order valence-electron chi connectivity index (χ4n) is 3.10. The highest BCUT2D eigenvalue weighted by atomic mass is 14.2. The van der Waals surface area contributed by atoms with E-state index in [1.807, 2.05) is 0 Å². The van der Waals surface area contributed by atoms with E-state index >= 15 is 0 Å². The topological polar surface area (TPSA) is 0 Å². The second-order valence-corrected chi connectivity index (χ2v) is 5.40. The van der Waals surface area contributed by atoms with Gasteiger partial charge in [0.15, 0.2) is 0 Å². The minimum atomic E-state index is 1.15. The number of hydrogen-bond acceptors (Lipinski definition) is 0. The van der Waals surface area contributed by atoms with E-state index in [2.05, 4.69) is 48.6 Å². The van der Waals surface area contributed by atoms with Crippen molar-refractivity contribution in [2.75, 3.05) is 0 Å². The average Bonchev–Trinajstić information content (AvgIpc) is 2.37. The first kappa shape index (κ1) is 10.1. The van der Waals surface area contributed by atoms with E-state index in [1.54, 1.807) is 0 Å². The van der Waals surface area contributed by atoms with E-state index in [9.17, 15) is 0 Å². The Hall–Kier alpha value is -1.82. The Balaban J connectivity index is 2.02. The van der Waals surface area contributed by atoms with Crippen LogP contribution in [0.1, 0.15) is 33.4 Å². The molecule has 0 atom stereocenters. The summed E-state index contributed by atoms with van der Waals surface area (Å²) in [5, 5.41) is 0. The van der Waals surface area contributed by atoms with Crippen LogP contribution in [0, 0.1) is 0 Å². The third-order valence-electron chi connectivity index (χ3n) is 4.23. The van der Waals surface area contributed by atoms with Crippen LogP contribution in [0.2, 0.25) is 0 Å². The van der Waals surface area contributed by atoms with E-state index in [0.29, 0.717) is 0 Å². The first-order valence-corrected chi connectivity index (χ1v) is 6.80. The second-order valence-electron chi connectivity index (χ2n) is 5.40. The lowest BCUT2D eigenvalue weighted by molar-refractivity contribution is 0.915. The molecule has 2 aliphatic rings. The first-order chi connectivity index (χ1) is 8.88. The van der Waals surface area contributed by atoms with Gasteiger partial charge >= 0.3 is 0 Å². The molecule has 0 heterocycles. The molecule has 0 heteroatoms. The number of fused-ring (bicyclic) bond motifs is 2. The largest absolute Gasteiger partial charge is 0.0587 e. The van der Waals surface area contributed by atoms with Crippen LogP contribution in [-0.4, -0.2) is 0 Å². The van der Waals surface area contributed by atoms with Crippen LogP contribution in [0.15, 0.2) is 36.4 Å². The minimum absolute atomic E-state index is 1.15. The van der Waals surface area contributed by atoms with Crippen LogP contribution < -0.4 is 0 Å². The molecular formula is C18H16. The zero-order chi connectivity index (χ0) is 11.9. The Morgan fingerprint density at radius 3 is 1.56 bits per heavy atom. The van der Waals surface area contributed by atoms with Gasteiger partial charge in [-0.1, -0.05) is 48.6 Å². The van der Waals surface area contributed by atoms with Crippen LogP contribution in [0.25, 0.3) is 12.2 Å². The summed E-state index contributed by atoms with van der Waals surface area (Å²) in [6.07, 6.45) is 9.22. The summed E-state index contributed by atoms with van der Waals surface area (Å²) >= 11 is 0. The average molecular weight is 232 g/mol. The molecule has 0 fully saturated rings. The molecule has 0 N–H and O–H groups in total. The molecular weight excluding hydrogens is 216 g/mol. The molecule has 0 aromatic heterocycles. The van der Waals surface area contributed by atoms with Crippen molar-refractivity contribution >= 4 is 12.2 Å². The third-order valence-corrected chi connectivity index (χ3v) is 4.23. The van der Waals surface area contributed by atoms with Gasteiger partial charge in [-0.25, -0.2) is 0 Å². The number of benzene rings is 2. The number of aryl methyl sites for hydroxylation is 4. The SMILES string of the molecule is C1=C\c2cc3ccc2CCc2ccc(cc2/1)CC3. The van der Waals surface area contributed by atoms with Crippen LogP contribution in [0.3, 0.4) is 0 Å². The maximum atomic E-state index is 2.38. The highest BCUT2D eigenvalue weighted by Crippen LogP contribution is 2.26. The fourth-order valence-corrected chi connectivity index (χ4v) is 3.10. The maximum absolute atomic E-state index is 2.38. The number of rotatable bonds is 0. The standard InChI is InChI=1S/C18H16/c1-2-14-4-6-16-8-7-15-5-3-13(1)11-17(15)9-10-18(16)12-14/h3-6,9-12H,1-2,7-8H2/b10-9-. The van der Waals surface area contributed by atoms with Gasteiger partial charge in [-0.05, 0) is 59.1 Å². The van der Waals surface area contributed by atoms with Gasteiger partial charge in [0.05, 0.1) is 0 Å². The lowest BCUT2D eigenvalue weighted by Gasteiger charge is -2.17. The number of hydrogen-bond donors (Lipinski definition) is 0. The Morgan fingerprint density at radius 2 is 1.06 bits per heavy atom. The van der Waals surface area contributed by atoms with Gasteiger partial charge in [0, 0.05) is 0 Å². The molecule has 4 rings (SSSR count). The third kappa shape index (κ3) is 1.60. The zero-order valence-corrected chi connectivity index (χ0v) is 10.4. The van der Waals surface area contributed by atoms with Crippen molar-refractivity contribution in [1.82, 2.24) is 0 Å². The molecule has 0 unspecified atom stereocenters. The lowest BCUT2D eigenvalue weighted by atomic mass is 9.88. The molecule has 2 aromatic carbocycles. The summed E-state index contributed by atoms with van der Waals surface area (Å²) in [7, 11) is 0. The molecule has 4 bridgehead atoms. The van der Waals surface area contributed by atoms with Gasteiger partial charge in [0.1, 0.15) is 0 Å². The molecule has 0 amide bonds. The Kier molecular flexibility index (Phi) is 2.16. The molecule has 88 valence electrons. The summed E-state index contributed by atoms with van der Waals surface area (Å²) in [6.45, 7) is 0. The highest BCUT2D eigenvalue weighted by molar-refractivity contribution is 5.74. The lowest BCUT2D eigenvalue weighted by Crippen LogP contribution is -2.03. The van der Waals surface area contributed by atoms with E-state index in [-0.39, 0.29) is 0 Å². The predicted molar refractivity (Wildman–Crippen MR) is 76.6 cm³/mol. The van der Waals surface area contributed by atoms with Crippen molar-refractivity contribution in [3.8, 4) is 0 Å². The molecule has 2 aliphatic carbocycles. The first-order valence-electron chi connectivity index (χ1n) is 6.80. The minimum Gasteiger partial charge on any atom is -0.0587 e. The summed E-state index contributed by atoms with van der Waals surface area (Å²) in [5.41, 5.74) is 8.75. The molecule has 0 radical (unpaired) electrons. The maximum Gasteiger partial charge on any atom is -0.0221 e. The molecule has 0 saturated carbocycles. The van der Waals surface area contributed by atoms with Crippen molar-refractivity contribution < 1.29 is 0 Å². The van der Waals surface area contributed by atoms with Gasteiger partial charge in [-0.3, -0.25) is 0 Å². The normalized spacial score (nSPS) is 17.6. The molecule has 0 nitrogen and oxygen atoms in total. The van der Waals surface area contributed by atoms with Crippen LogP contribution in [0.4, 0.5) is 0 Å². The second kappa shape index (κ2) is 3.84. The molecule has 0 saturated heterocycles. The van der Waals surface area contributed by atoms with E-state index in [1.165, 1.54) is 33.4 Å². The van der Waals surface area contributed by atoms with Gasteiger partial charge < -0.3 is 0 Å². The van der Waals surface area contributed by atoms with Gasteiger partial charge in [-0.2, -0.15) is 0 Å². The smallest absolute Gasteiger partial charge is 0.0221 e. The van der Waals surface area contributed by atoms with Crippen molar-refractivity contribution in [3.05, 3.63) is 69.8 Å². The molecule has 0 spiro atoms. The van der Waals surface area contributed by atoms with Crippen molar-refractivity contribution in [2.24, 2.45) is 0 Å². The van der Waals surface area contributed by atoms with Crippen molar-refractivity contribution in [3.63, 3.8) is 0 Å². The van der Waals surface area contributed by atoms with Crippen LogP contribution in [0.5, 0.6) is 0 Å². The molecule has 2 aromatic rings. The van der Waals surface area contributed by atoms with Gasteiger partial charge in [-0.15, -0.1) is 0 Å². The summed E-state index contributed by atoms with van der Waals surface area (Å²) in [6, 6.07) is 14.0. The summed E-state index contributed by atoms with van der Waals surface area (Å²) < 4.78 is 0. The van der Waals surface area contributed by atoms with Gasteiger partial charge in [0.2, 0.25) is 0 Å². The van der Waals surface area contributed by atoms with Crippen molar-refractivity contribution in [1.29, 1.82) is 0 Å². The van der Waals surface area contributed by atoms with E-state index in [4.69, 9.17) is 0 Å². The molecule has 18 heavy (non-hydrogen) atoms. The fraction of sp³-hybridized carbons (Fsp3) is 0.222. The zero-order valence-electron chi connectivity index (χ0n) is 10.4. The van der Waals surface area contributed by atoms with Gasteiger partial charge in [0.25, 0.3) is 0 Å². The predicted octanol–water partition coefficient (Wildman–Crippen LogP) is 4.05. The Bertz CT molecular complexity index is 590. The monoisotopic (exact) mass is 232 g/mol. The van der Waals surface area contributed by atoms with E-state index < -0.39 is 0 Å². The van der Waals surface area contributed by atoms with Crippen LogP contribution in [-0.2, 0) is 25.7 Å².